The van der Waals surface area contributed by atoms with Crippen LogP contribution in [0.15, 0.2) is 29.2 Å². The smallest absolute Gasteiger partial charge is 0.245 e. The van der Waals surface area contributed by atoms with E-state index in [-0.39, 0.29) is 6.04 Å². The Labute approximate surface area is 133 Å². The Morgan fingerprint density at radius 1 is 1.33 bits per heavy atom. The Balaban J connectivity index is 3.01. The molecule has 21 heavy (non-hydrogen) atoms. The number of rotatable bonds is 9. The average molecular weight is 331 g/mol. The van der Waals surface area contributed by atoms with E-state index in [4.69, 9.17) is 0 Å². The van der Waals surface area contributed by atoms with Crippen molar-refractivity contribution in [2.45, 2.75) is 37.6 Å². The van der Waals surface area contributed by atoms with Crippen molar-refractivity contribution >= 4 is 27.5 Å². The molecular weight excluding hydrogens is 304 g/mol. The molecule has 0 aromatic heterocycles. The van der Waals surface area contributed by atoms with E-state index < -0.39 is 10.0 Å². The lowest BCUT2D eigenvalue weighted by Crippen LogP contribution is -2.35. The number of sulfonamides is 1. The summed E-state index contributed by atoms with van der Waals surface area (Å²) in [6, 6.07) is 7.11. The Hall–Kier alpha value is -0.720. The SMILES string of the molecule is CCCNc1ccccc1S(=O)(=O)N(C)C(C)CCSC. The Morgan fingerprint density at radius 2 is 2.00 bits per heavy atom. The summed E-state index contributed by atoms with van der Waals surface area (Å²) in [7, 11) is -1.80. The van der Waals surface area contributed by atoms with Crippen LogP contribution in [0.5, 0.6) is 0 Å². The van der Waals surface area contributed by atoms with Gasteiger partial charge in [-0.25, -0.2) is 8.42 Å². The van der Waals surface area contributed by atoms with Gasteiger partial charge in [0.15, 0.2) is 0 Å². The van der Waals surface area contributed by atoms with Crippen molar-refractivity contribution in [3.05, 3.63) is 24.3 Å². The fourth-order valence-electron chi connectivity index (χ4n) is 1.96. The zero-order valence-corrected chi connectivity index (χ0v) is 14.9. The first-order chi connectivity index (χ1) is 9.95. The molecule has 0 saturated carbocycles. The third-order valence-corrected chi connectivity index (χ3v) is 6.14. The van der Waals surface area contributed by atoms with Gasteiger partial charge in [0, 0.05) is 19.6 Å². The van der Waals surface area contributed by atoms with E-state index >= 15 is 0 Å². The Bertz CT molecular complexity index is 532. The van der Waals surface area contributed by atoms with Crippen LogP contribution in [0, 0.1) is 0 Å². The number of thioether (sulfide) groups is 1. The molecule has 0 aliphatic rings. The van der Waals surface area contributed by atoms with E-state index in [1.54, 1.807) is 30.9 Å². The van der Waals surface area contributed by atoms with Crippen LogP contribution in [0.2, 0.25) is 0 Å². The van der Waals surface area contributed by atoms with E-state index in [1.807, 2.05) is 25.3 Å². The molecule has 0 heterocycles. The summed E-state index contributed by atoms with van der Waals surface area (Å²) in [5.74, 6) is 0.955. The van der Waals surface area contributed by atoms with Crippen molar-refractivity contribution in [1.29, 1.82) is 0 Å². The minimum absolute atomic E-state index is 0.0123. The van der Waals surface area contributed by atoms with Crippen molar-refractivity contribution < 1.29 is 8.42 Å². The van der Waals surface area contributed by atoms with Gasteiger partial charge in [-0.3, -0.25) is 0 Å². The predicted octanol–water partition coefficient (Wildman–Crippen LogP) is 3.27. The number of nitrogens with one attached hydrogen (secondary N) is 1. The summed E-state index contributed by atoms with van der Waals surface area (Å²) < 4.78 is 27.1. The molecule has 0 bridgehead atoms. The molecule has 1 atom stereocenters. The molecule has 0 aliphatic carbocycles. The zero-order valence-electron chi connectivity index (χ0n) is 13.3. The molecule has 0 saturated heterocycles. The number of anilines is 1. The summed E-state index contributed by atoms with van der Waals surface area (Å²) in [4.78, 5) is 0.358. The fourth-order valence-corrected chi connectivity index (χ4v) is 4.09. The van der Waals surface area contributed by atoms with Gasteiger partial charge in [0.1, 0.15) is 4.90 Å². The minimum Gasteiger partial charge on any atom is -0.384 e. The highest BCUT2D eigenvalue weighted by atomic mass is 32.2. The van der Waals surface area contributed by atoms with Crippen LogP contribution in [0.4, 0.5) is 5.69 Å². The van der Waals surface area contributed by atoms with Crippen molar-refractivity contribution in [3.8, 4) is 0 Å². The van der Waals surface area contributed by atoms with E-state index in [9.17, 15) is 8.42 Å². The van der Waals surface area contributed by atoms with Crippen LogP contribution in [-0.2, 0) is 10.0 Å². The lowest BCUT2D eigenvalue weighted by molar-refractivity contribution is 0.382. The minimum atomic E-state index is -3.47. The Morgan fingerprint density at radius 3 is 2.62 bits per heavy atom. The second kappa shape index (κ2) is 8.66. The summed E-state index contributed by atoms with van der Waals surface area (Å²) >= 11 is 1.73. The fraction of sp³-hybridized carbons (Fsp3) is 0.600. The first-order valence-corrected chi connectivity index (χ1v) is 10.1. The maximum atomic E-state index is 12.8. The number of hydrogen-bond acceptors (Lipinski definition) is 4. The monoisotopic (exact) mass is 330 g/mol. The third-order valence-electron chi connectivity index (χ3n) is 3.47. The molecule has 6 heteroatoms. The number of nitrogens with zero attached hydrogens (tertiary/aromatic N) is 1. The zero-order chi connectivity index (χ0) is 15.9. The van der Waals surface area contributed by atoms with Gasteiger partial charge in [0.05, 0.1) is 5.69 Å². The van der Waals surface area contributed by atoms with Crippen molar-refractivity contribution in [3.63, 3.8) is 0 Å². The molecule has 4 nitrogen and oxygen atoms in total. The molecule has 1 N–H and O–H groups in total. The lowest BCUT2D eigenvalue weighted by Gasteiger charge is -2.25. The lowest BCUT2D eigenvalue weighted by atomic mass is 10.3. The van der Waals surface area contributed by atoms with Gasteiger partial charge in [0.2, 0.25) is 10.0 Å². The highest BCUT2D eigenvalue weighted by Crippen LogP contribution is 2.25. The maximum Gasteiger partial charge on any atom is 0.245 e. The van der Waals surface area contributed by atoms with E-state index in [1.165, 1.54) is 4.31 Å². The van der Waals surface area contributed by atoms with Crippen LogP contribution in [0.3, 0.4) is 0 Å². The molecule has 0 aliphatic heterocycles. The molecule has 1 rings (SSSR count). The molecule has 120 valence electrons. The van der Waals surface area contributed by atoms with Gasteiger partial charge in [-0.05, 0) is 43.9 Å². The Kier molecular flexibility index (Phi) is 7.56. The predicted molar refractivity (Wildman–Crippen MR) is 92.6 cm³/mol. The molecule has 0 radical (unpaired) electrons. The first kappa shape index (κ1) is 18.3. The van der Waals surface area contributed by atoms with Gasteiger partial charge in [-0.1, -0.05) is 19.1 Å². The quantitative estimate of drug-likeness (QED) is 0.755. The second-order valence-electron chi connectivity index (χ2n) is 5.07. The van der Waals surface area contributed by atoms with Crippen molar-refractivity contribution in [2.24, 2.45) is 0 Å². The normalized spacial score (nSPS) is 13.4. The largest absolute Gasteiger partial charge is 0.384 e. The summed E-state index contributed by atoms with van der Waals surface area (Å²) in [6.45, 7) is 4.77. The molecule has 1 unspecified atom stereocenters. The summed E-state index contributed by atoms with van der Waals surface area (Å²) in [6.07, 6.45) is 3.83. The van der Waals surface area contributed by atoms with Crippen LogP contribution in [0.1, 0.15) is 26.7 Å². The highest BCUT2D eigenvalue weighted by molar-refractivity contribution is 7.98. The van der Waals surface area contributed by atoms with E-state index in [2.05, 4.69) is 12.2 Å². The second-order valence-corrected chi connectivity index (χ2v) is 8.03. The summed E-state index contributed by atoms with van der Waals surface area (Å²) in [5.41, 5.74) is 0.684. The number of para-hydroxylation sites is 1. The van der Waals surface area contributed by atoms with Gasteiger partial charge in [-0.15, -0.1) is 0 Å². The topological polar surface area (TPSA) is 49.4 Å². The van der Waals surface area contributed by atoms with Gasteiger partial charge in [-0.2, -0.15) is 16.1 Å². The van der Waals surface area contributed by atoms with Gasteiger partial charge in [0.25, 0.3) is 0 Å². The first-order valence-electron chi connectivity index (χ1n) is 7.25. The van der Waals surface area contributed by atoms with E-state index in [0.717, 1.165) is 25.1 Å². The molecular formula is C15H26N2O2S2. The average Bonchev–Trinajstić information content (AvgIpc) is 2.49. The third kappa shape index (κ3) is 4.90. The number of benzene rings is 1. The molecule has 0 spiro atoms. The van der Waals surface area contributed by atoms with Crippen LogP contribution < -0.4 is 5.32 Å². The standard InChI is InChI=1S/C15H26N2O2S2/c1-5-11-16-14-8-6-7-9-15(14)21(18,19)17(3)13(2)10-12-20-4/h6-9,13,16H,5,10-12H2,1-4H3. The van der Waals surface area contributed by atoms with Crippen molar-refractivity contribution in [1.82, 2.24) is 4.31 Å². The van der Waals surface area contributed by atoms with Crippen molar-refractivity contribution in [2.75, 3.05) is 30.9 Å². The molecule has 1 aromatic carbocycles. The van der Waals surface area contributed by atoms with Crippen LogP contribution >= 0.6 is 11.8 Å². The van der Waals surface area contributed by atoms with Gasteiger partial charge < -0.3 is 5.32 Å². The molecule has 0 fully saturated rings. The molecule has 1 aromatic rings. The van der Waals surface area contributed by atoms with Gasteiger partial charge >= 0.3 is 0 Å². The molecule has 0 amide bonds. The van der Waals surface area contributed by atoms with E-state index in [0.29, 0.717) is 10.6 Å². The van der Waals surface area contributed by atoms with Crippen LogP contribution in [0.25, 0.3) is 0 Å². The number of hydrogen-bond donors (Lipinski definition) is 1. The highest BCUT2D eigenvalue weighted by Gasteiger charge is 2.27. The van der Waals surface area contributed by atoms with Crippen LogP contribution in [-0.4, -0.2) is 44.4 Å². The maximum absolute atomic E-state index is 12.8. The summed E-state index contributed by atoms with van der Waals surface area (Å²) in [5, 5.41) is 3.20.